The standard InChI is InChI=1S/C50H73N5O11S/c1-5-7-9-11-13-14-16-18-20-41(50(60)61)35-47(57)66-32-30-64-28-27-62-25-23-55(24-26-63-29-31-65-46(56)34-40(49(58)59)19-17-15-12-10-8-6-2)42-21-22-44(38(3)33-42)53-54-48-43(36-51)39(4)45(37-52)67-48/h15-18,21-22,33,40-41,43,48H,5-14,19-20,23-32,34-35H2,1-4H3,(H,58,59)(H,60,61)/b17-15+,18-16+,54-53?. The summed E-state index contributed by atoms with van der Waals surface area (Å²) in [5.74, 6) is -5.48. The van der Waals surface area contributed by atoms with Crippen LogP contribution in [0, 0.1) is 47.3 Å². The van der Waals surface area contributed by atoms with Crippen LogP contribution in [0.3, 0.4) is 0 Å². The fraction of sp³-hybridized carbons (Fsp3) is 0.640. The second-order valence-corrected chi connectivity index (χ2v) is 17.4. The van der Waals surface area contributed by atoms with Crippen LogP contribution in [-0.4, -0.2) is 105 Å². The fourth-order valence-electron chi connectivity index (χ4n) is 6.84. The number of rotatable bonds is 38. The number of esters is 2. The van der Waals surface area contributed by atoms with Gasteiger partial charge in [-0.05, 0) is 81.7 Å². The molecule has 1 aliphatic rings. The minimum Gasteiger partial charge on any atom is -0.481 e. The van der Waals surface area contributed by atoms with Crippen LogP contribution in [0.5, 0.6) is 0 Å². The lowest BCUT2D eigenvalue weighted by atomic mass is 10.0. The third-order valence-electron chi connectivity index (χ3n) is 10.9. The largest absolute Gasteiger partial charge is 0.481 e. The fourth-order valence-corrected chi connectivity index (χ4v) is 7.94. The summed E-state index contributed by atoms with van der Waals surface area (Å²) in [6.07, 6.45) is 18.6. The van der Waals surface area contributed by atoms with E-state index in [1.165, 1.54) is 31.0 Å². The highest BCUT2D eigenvalue weighted by molar-refractivity contribution is 8.04. The summed E-state index contributed by atoms with van der Waals surface area (Å²) < 4.78 is 27.7. The molecule has 16 nitrogen and oxygen atoms in total. The molecule has 17 heteroatoms. The number of hydrogen-bond donors (Lipinski definition) is 2. The van der Waals surface area contributed by atoms with Gasteiger partial charge in [-0.3, -0.25) is 19.2 Å². The van der Waals surface area contributed by atoms with Gasteiger partial charge >= 0.3 is 23.9 Å². The Hall–Kier alpha value is -5.07. The topological polar surface area (TPSA) is 230 Å². The Balaban J connectivity index is 1.86. The molecule has 2 N–H and O–H groups in total. The van der Waals surface area contributed by atoms with Crippen LogP contribution in [-0.2, 0) is 42.9 Å². The smallest absolute Gasteiger partial charge is 0.307 e. The number of aryl methyl sites for hydroxylation is 1. The monoisotopic (exact) mass is 952 g/mol. The van der Waals surface area contributed by atoms with Crippen LogP contribution >= 0.6 is 11.8 Å². The number of hydrogen-bond acceptors (Lipinski definition) is 15. The Bertz CT molecular complexity index is 1860. The zero-order valence-electron chi connectivity index (χ0n) is 40.0. The first-order valence-corrected chi connectivity index (χ1v) is 24.6. The maximum absolute atomic E-state index is 12.4. The molecule has 1 aromatic carbocycles. The summed E-state index contributed by atoms with van der Waals surface area (Å²) in [7, 11) is 0. The molecule has 1 heterocycles. The van der Waals surface area contributed by atoms with Crippen molar-refractivity contribution in [3.63, 3.8) is 0 Å². The molecule has 370 valence electrons. The van der Waals surface area contributed by atoms with E-state index in [-0.39, 0.29) is 71.9 Å². The van der Waals surface area contributed by atoms with Gasteiger partial charge in [-0.15, -0.1) is 0 Å². The number of carboxylic acid groups (broad SMARTS) is 2. The summed E-state index contributed by atoms with van der Waals surface area (Å²) in [5, 5.41) is 46.6. The number of thioether (sulfide) groups is 1. The van der Waals surface area contributed by atoms with Crippen LogP contribution in [0.2, 0.25) is 0 Å². The molecule has 0 spiro atoms. The van der Waals surface area contributed by atoms with E-state index < -0.39 is 47.0 Å². The van der Waals surface area contributed by atoms with Crippen molar-refractivity contribution < 1.29 is 53.1 Å². The first kappa shape index (κ1) is 58.1. The van der Waals surface area contributed by atoms with E-state index in [1.54, 1.807) is 6.92 Å². The summed E-state index contributed by atoms with van der Waals surface area (Å²) in [5.41, 5.74) is 3.01. The van der Waals surface area contributed by atoms with Crippen molar-refractivity contribution >= 4 is 47.0 Å². The van der Waals surface area contributed by atoms with Gasteiger partial charge in [-0.1, -0.05) is 88.4 Å². The first-order chi connectivity index (χ1) is 32.4. The van der Waals surface area contributed by atoms with Gasteiger partial charge in [0.15, 0.2) is 0 Å². The Morgan fingerprint density at radius 2 is 1.24 bits per heavy atom. The Kier molecular flexibility index (Phi) is 31.2. The van der Waals surface area contributed by atoms with Gasteiger partial charge in [-0.25, -0.2) is 0 Å². The molecule has 0 radical (unpaired) electrons. The number of ether oxygens (including phenoxy) is 5. The lowest BCUT2D eigenvalue weighted by molar-refractivity contribution is -0.152. The quantitative estimate of drug-likeness (QED) is 0.0272. The maximum Gasteiger partial charge on any atom is 0.307 e. The Morgan fingerprint density at radius 1 is 0.731 bits per heavy atom. The number of azo groups is 1. The van der Waals surface area contributed by atoms with Gasteiger partial charge in [0.25, 0.3) is 0 Å². The van der Waals surface area contributed by atoms with Gasteiger partial charge in [0.1, 0.15) is 30.6 Å². The molecular formula is C50H73N5O11S. The molecule has 0 fully saturated rings. The van der Waals surface area contributed by atoms with E-state index in [4.69, 9.17) is 23.7 Å². The number of carbonyl (C=O) groups excluding carboxylic acids is 2. The van der Waals surface area contributed by atoms with Crippen molar-refractivity contribution in [1.82, 2.24) is 0 Å². The third kappa shape index (κ3) is 25.0. The highest BCUT2D eigenvalue weighted by Gasteiger charge is 2.34. The molecule has 67 heavy (non-hydrogen) atoms. The lowest BCUT2D eigenvalue weighted by Crippen LogP contribution is -2.31. The highest BCUT2D eigenvalue weighted by Crippen LogP contribution is 2.42. The molecule has 2 rings (SSSR count). The van der Waals surface area contributed by atoms with Crippen molar-refractivity contribution in [1.29, 1.82) is 10.5 Å². The number of nitrogens with zero attached hydrogens (tertiary/aromatic N) is 5. The second-order valence-electron chi connectivity index (χ2n) is 16.3. The average molecular weight is 952 g/mol. The van der Waals surface area contributed by atoms with Crippen molar-refractivity contribution in [3.05, 3.63) is 58.5 Å². The summed E-state index contributed by atoms with van der Waals surface area (Å²) in [4.78, 5) is 50.7. The van der Waals surface area contributed by atoms with Gasteiger partial charge < -0.3 is 38.8 Å². The van der Waals surface area contributed by atoms with Crippen LogP contribution in [0.25, 0.3) is 0 Å². The number of nitriles is 2. The van der Waals surface area contributed by atoms with Crippen molar-refractivity contribution in [2.75, 3.05) is 70.8 Å². The zero-order chi connectivity index (χ0) is 49.1. The van der Waals surface area contributed by atoms with Crippen molar-refractivity contribution in [2.45, 2.75) is 123 Å². The van der Waals surface area contributed by atoms with E-state index in [9.17, 15) is 39.9 Å². The number of allylic oxidation sites excluding steroid dienone is 5. The van der Waals surface area contributed by atoms with Gasteiger partial charge in [-0.2, -0.15) is 20.8 Å². The zero-order valence-corrected chi connectivity index (χ0v) is 40.9. The molecule has 0 amide bonds. The first-order valence-electron chi connectivity index (χ1n) is 23.7. The molecule has 0 saturated heterocycles. The molecule has 0 aliphatic carbocycles. The minimum absolute atomic E-state index is 0.00377. The number of anilines is 1. The predicted octanol–water partition coefficient (Wildman–Crippen LogP) is 10.0. The average Bonchev–Trinajstić information content (AvgIpc) is 3.62. The molecule has 4 unspecified atom stereocenters. The minimum atomic E-state index is -1.04. The molecule has 1 aliphatic heterocycles. The number of unbranched alkanes of at least 4 members (excludes halogenated alkanes) is 8. The van der Waals surface area contributed by atoms with Crippen LogP contribution in [0.15, 0.2) is 63.2 Å². The van der Waals surface area contributed by atoms with Crippen LogP contribution in [0.4, 0.5) is 11.4 Å². The number of benzene rings is 1. The highest BCUT2D eigenvalue weighted by atomic mass is 32.2. The molecule has 4 atom stereocenters. The van der Waals surface area contributed by atoms with Crippen LogP contribution in [0.1, 0.15) is 116 Å². The number of carbonyl (C=O) groups is 4. The SMILES string of the molecule is CCCCC/C=C/CC(CC(=O)OCCOCCN(CCOCCOCCOC(=O)CC(C/C=C/CCCCCCC)C(=O)O)c1ccc(N=NC2SC(C#N)=C(C)C2C#N)c(C)c1)C(=O)O. The van der Waals surface area contributed by atoms with E-state index in [0.717, 1.165) is 56.2 Å². The second kappa shape index (κ2) is 36.0. The van der Waals surface area contributed by atoms with E-state index in [2.05, 4.69) is 41.1 Å². The van der Waals surface area contributed by atoms with Crippen LogP contribution < -0.4 is 4.90 Å². The Labute approximate surface area is 401 Å². The normalized spacial score (nSPS) is 15.8. The maximum atomic E-state index is 12.4. The Morgan fingerprint density at radius 3 is 1.75 bits per heavy atom. The van der Waals surface area contributed by atoms with E-state index >= 15 is 0 Å². The summed E-state index contributed by atoms with van der Waals surface area (Å²) >= 11 is 1.23. The van der Waals surface area contributed by atoms with Gasteiger partial charge in [0.2, 0.25) is 0 Å². The lowest BCUT2D eigenvalue weighted by Gasteiger charge is -2.25. The van der Waals surface area contributed by atoms with Crippen molar-refractivity contribution in [2.24, 2.45) is 28.0 Å². The van der Waals surface area contributed by atoms with Gasteiger partial charge in [0, 0.05) is 18.8 Å². The molecule has 0 bridgehead atoms. The van der Waals surface area contributed by atoms with E-state index in [1.807, 2.05) is 49.4 Å². The molecule has 0 saturated carbocycles. The summed E-state index contributed by atoms with van der Waals surface area (Å²) in [6, 6.07) is 10.0. The summed E-state index contributed by atoms with van der Waals surface area (Å²) in [6.45, 7) is 10.3. The van der Waals surface area contributed by atoms with E-state index in [0.29, 0.717) is 35.9 Å². The molecule has 0 aromatic heterocycles. The number of carboxylic acids is 2. The predicted molar refractivity (Wildman–Crippen MR) is 258 cm³/mol. The number of aliphatic carboxylic acids is 2. The molecular weight excluding hydrogens is 879 g/mol. The van der Waals surface area contributed by atoms with Crippen molar-refractivity contribution in [3.8, 4) is 12.1 Å². The third-order valence-corrected chi connectivity index (χ3v) is 12.2. The molecule has 1 aromatic rings. The van der Waals surface area contributed by atoms with Gasteiger partial charge in [0.05, 0.1) is 81.0 Å².